The fourth-order valence-corrected chi connectivity index (χ4v) is 2.14. The van der Waals surface area contributed by atoms with Gasteiger partial charge in [0.15, 0.2) is 0 Å². The number of ether oxygens (including phenoxy) is 1. The third kappa shape index (κ3) is 3.95. The summed E-state index contributed by atoms with van der Waals surface area (Å²) in [6, 6.07) is 3.14. The summed E-state index contributed by atoms with van der Waals surface area (Å²) in [4.78, 5) is 11.5. The number of benzene rings is 1. The van der Waals surface area contributed by atoms with Gasteiger partial charge < -0.3 is 4.74 Å². The Morgan fingerprint density at radius 2 is 2.29 bits per heavy atom. The number of nitrogens with one attached hydrogen (secondary N) is 1. The van der Waals surface area contributed by atoms with Crippen LogP contribution in [-0.2, 0) is 9.53 Å². The molecule has 0 radical (unpaired) electrons. The van der Waals surface area contributed by atoms with Crippen molar-refractivity contribution < 1.29 is 18.3 Å². The Kier molecular flexibility index (Phi) is 5.33. The molecular formula is C10H12F2N2O2S. The summed E-state index contributed by atoms with van der Waals surface area (Å²) in [6.45, 7) is 0.0739. The minimum absolute atomic E-state index is 0.0739. The highest BCUT2D eigenvalue weighted by molar-refractivity contribution is 8.00. The highest BCUT2D eigenvalue weighted by Gasteiger charge is 2.20. The number of amides is 1. The maximum Gasteiger partial charge on any atom is 0.249 e. The molecule has 0 saturated carbocycles. The summed E-state index contributed by atoms with van der Waals surface area (Å²) >= 11 is 0.923. The van der Waals surface area contributed by atoms with Crippen LogP contribution in [0.3, 0.4) is 0 Å². The van der Waals surface area contributed by atoms with Crippen molar-refractivity contribution in [1.29, 1.82) is 0 Å². The molecule has 1 rings (SSSR count). The zero-order chi connectivity index (χ0) is 12.8. The van der Waals surface area contributed by atoms with Gasteiger partial charge in [-0.05, 0) is 12.1 Å². The second-order valence-electron chi connectivity index (χ2n) is 3.15. The summed E-state index contributed by atoms with van der Waals surface area (Å²) in [6.07, 6.45) is 0. The summed E-state index contributed by atoms with van der Waals surface area (Å²) < 4.78 is 30.9. The van der Waals surface area contributed by atoms with Crippen LogP contribution in [0.4, 0.5) is 8.78 Å². The number of hydrazine groups is 1. The van der Waals surface area contributed by atoms with Gasteiger partial charge in [-0.25, -0.2) is 14.6 Å². The normalized spacial score (nSPS) is 12.2. The van der Waals surface area contributed by atoms with Crippen molar-refractivity contribution >= 4 is 17.7 Å². The van der Waals surface area contributed by atoms with Crippen LogP contribution in [0.1, 0.15) is 0 Å². The zero-order valence-electron chi connectivity index (χ0n) is 9.07. The van der Waals surface area contributed by atoms with Crippen LogP contribution in [0.5, 0.6) is 0 Å². The number of carbonyl (C=O) groups excluding carboxylic acids is 1. The molecule has 0 aliphatic carbocycles. The molecular weight excluding hydrogens is 250 g/mol. The number of thioether (sulfide) groups is 1. The number of rotatable bonds is 5. The van der Waals surface area contributed by atoms with Crippen molar-refractivity contribution in [2.24, 2.45) is 5.84 Å². The third-order valence-corrected chi connectivity index (χ3v) is 3.14. The third-order valence-electron chi connectivity index (χ3n) is 1.92. The van der Waals surface area contributed by atoms with Crippen molar-refractivity contribution in [3.63, 3.8) is 0 Å². The Morgan fingerprint density at radius 3 is 2.82 bits per heavy atom. The van der Waals surface area contributed by atoms with Crippen LogP contribution in [0.2, 0.25) is 0 Å². The topological polar surface area (TPSA) is 64.3 Å². The molecule has 0 aromatic heterocycles. The SMILES string of the molecule is COCC(Sc1ccc(F)cc1F)C(=O)NN. The molecule has 4 nitrogen and oxygen atoms in total. The molecule has 94 valence electrons. The van der Waals surface area contributed by atoms with Gasteiger partial charge in [-0.2, -0.15) is 0 Å². The van der Waals surface area contributed by atoms with Crippen LogP contribution in [-0.4, -0.2) is 24.9 Å². The van der Waals surface area contributed by atoms with E-state index in [1.54, 1.807) is 0 Å². The van der Waals surface area contributed by atoms with E-state index in [0.717, 1.165) is 23.9 Å². The second-order valence-corrected chi connectivity index (χ2v) is 4.39. The van der Waals surface area contributed by atoms with Gasteiger partial charge in [-0.3, -0.25) is 10.2 Å². The minimum atomic E-state index is -0.721. The lowest BCUT2D eigenvalue weighted by Crippen LogP contribution is -2.39. The van der Waals surface area contributed by atoms with E-state index in [2.05, 4.69) is 0 Å². The van der Waals surface area contributed by atoms with Crippen molar-refractivity contribution in [3.8, 4) is 0 Å². The van der Waals surface area contributed by atoms with Gasteiger partial charge in [0.25, 0.3) is 0 Å². The van der Waals surface area contributed by atoms with E-state index < -0.39 is 22.8 Å². The smallest absolute Gasteiger partial charge is 0.249 e. The zero-order valence-corrected chi connectivity index (χ0v) is 9.89. The molecule has 1 aromatic rings. The minimum Gasteiger partial charge on any atom is -0.383 e. The lowest BCUT2D eigenvalue weighted by atomic mass is 10.3. The second kappa shape index (κ2) is 6.53. The number of halogens is 2. The Balaban J connectivity index is 2.82. The van der Waals surface area contributed by atoms with Crippen LogP contribution < -0.4 is 11.3 Å². The lowest BCUT2D eigenvalue weighted by Gasteiger charge is -2.14. The number of carbonyl (C=O) groups is 1. The lowest BCUT2D eigenvalue weighted by molar-refractivity contribution is -0.121. The number of hydrogen-bond acceptors (Lipinski definition) is 4. The van der Waals surface area contributed by atoms with E-state index in [4.69, 9.17) is 10.6 Å². The summed E-state index contributed by atoms with van der Waals surface area (Å²) in [5, 5.41) is -0.690. The standard InChI is InChI=1S/C10H12F2N2O2S/c1-16-5-9(10(15)14-13)17-8-3-2-6(11)4-7(8)12/h2-4,9H,5,13H2,1H3,(H,14,15). The van der Waals surface area contributed by atoms with Crippen molar-refractivity contribution in [3.05, 3.63) is 29.8 Å². The molecule has 1 aromatic carbocycles. The Labute approximate surface area is 101 Å². The summed E-state index contributed by atoms with van der Waals surface area (Å²) in [5.74, 6) is 3.12. The predicted molar refractivity (Wildman–Crippen MR) is 60.2 cm³/mol. The van der Waals surface area contributed by atoms with Crippen molar-refractivity contribution in [2.45, 2.75) is 10.1 Å². The van der Waals surface area contributed by atoms with E-state index in [9.17, 15) is 13.6 Å². The first-order chi connectivity index (χ1) is 8.08. The van der Waals surface area contributed by atoms with Crippen LogP contribution in [0.15, 0.2) is 23.1 Å². The van der Waals surface area contributed by atoms with Crippen LogP contribution >= 0.6 is 11.8 Å². The van der Waals surface area contributed by atoms with Crippen molar-refractivity contribution in [2.75, 3.05) is 13.7 Å². The van der Waals surface area contributed by atoms with Crippen molar-refractivity contribution in [1.82, 2.24) is 5.43 Å². The molecule has 1 amide bonds. The maximum absolute atomic E-state index is 13.4. The van der Waals surface area contributed by atoms with Gasteiger partial charge in [0.1, 0.15) is 16.9 Å². The Morgan fingerprint density at radius 1 is 1.59 bits per heavy atom. The highest BCUT2D eigenvalue weighted by Crippen LogP contribution is 2.26. The molecule has 17 heavy (non-hydrogen) atoms. The average molecular weight is 262 g/mol. The van der Waals surface area contributed by atoms with Gasteiger partial charge in [0.2, 0.25) is 5.91 Å². The number of nitrogens with two attached hydrogens (primary N) is 1. The van der Waals surface area contributed by atoms with Gasteiger partial charge in [0.05, 0.1) is 6.61 Å². The largest absolute Gasteiger partial charge is 0.383 e. The van der Waals surface area contributed by atoms with Gasteiger partial charge in [0, 0.05) is 18.1 Å². The monoisotopic (exact) mass is 262 g/mol. The van der Waals surface area contributed by atoms with Crippen LogP contribution in [0, 0.1) is 11.6 Å². The maximum atomic E-state index is 13.4. The van der Waals surface area contributed by atoms with Crippen LogP contribution in [0.25, 0.3) is 0 Å². The van der Waals surface area contributed by atoms with E-state index in [-0.39, 0.29) is 11.5 Å². The Bertz CT molecular complexity index is 404. The molecule has 7 heteroatoms. The molecule has 3 N–H and O–H groups in total. The van der Waals surface area contributed by atoms with Gasteiger partial charge in [-0.1, -0.05) is 0 Å². The fraction of sp³-hybridized carbons (Fsp3) is 0.300. The first kappa shape index (κ1) is 13.9. The van der Waals surface area contributed by atoms with E-state index in [0.29, 0.717) is 0 Å². The first-order valence-electron chi connectivity index (χ1n) is 4.69. The number of methoxy groups -OCH3 is 1. The Hall–Kier alpha value is -1.18. The van der Waals surface area contributed by atoms with E-state index in [1.807, 2.05) is 5.43 Å². The first-order valence-corrected chi connectivity index (χ1v) is 5.57. The van der Waals surface area contributed by atoms with E-state index >= 15 is 0 Å². The molecule has 1 atom stereocenters. The molecule has 0 saturated heterocycles. The molecule has 1 unspecified atom stereocenters. The number of hydrogen-bond donors (Lipinski definition) is 2. The highest BCUT2D eigenvalue weighted by atomic mass is 32.2. The summed E-state index contributed by atoms with van der Waals surface area (Å²) in [7, 11) is 1.42. The molecule has 0 spiro atoms. The average Bonchev–Trinajstić information content (AvgIpc) is 2.30. The molecule has 0 aliphatic rings. The predicted octanol–water partition coefficient (Wildman–Crippen LogP) is 1.06. The van der Waals surface area contributed by atoms with Gasteiger partial charge in [-0.15, -0.1) is 11.8 Å². The summed E-state index contributed by atoms with van der Waals surface area (Å²) in [5.41, 5.74) is 1.96. The fourth-order valence-electron chi connectivity index (χ4n) is 1.13. The molecule has 0 fully saturated rings. The van der Waals surface area contributed by atoms with E-state index in [1.165, 1.54) is 13.2 Å². The molecule has 0 aliphatic heterocycles. The quantitative estimate of drug-likeness (QED) is 0.360. The molecule has 0 heterocycles. The van der Waals surface area contributed by atoms with Gasteiger partial charge >= 0.3 is 0 Å². The molecule has 0 bridgehead atoms.